The maximum atomic E-state index is 12.1. The molecule has 0 aromatic heterocycles. The van der Waals surface area contributed by atoms with Crippen LogP contribution in [0.4, 0.5) is 5.69 Å². The zero-order chi connectivity index (χ0) is 16.8. The zero-order valence-corrected chi connectivity index (χ0v) is 13.4. The maximum Gasteiger partial charge on any atom is 0.273 e. The van der Waals surface area contributed by atoms with Crippen molar-refractivity contribution in [2.24, 2.45) is 0 Å². The fourth-order valence-electron chi connectivity index (χ4n) is 2.30. The molecular weight excluding hydrogens is 320 g/mol. The van der Waals surface area contributed by atoms with Crippen molar-refractivity contribution < 1.29 is 14.5 Å². The first kappa shape index (κ1) is 17.1. The highest BCUT2D eigenvalue weighted by molar-refractivity contribution is 7.80. The summed E-state index contributed by atoms with van der Waals surface area (Å²) in [5, 5.41) is 14.1. The molecule has 0 bridgehead atoms. The molecule has 1 aromatic carbocycles. The van der Waals surface area contributed by atoms with Gasteiger partial charge in [-0.3, -0.25) is 25.8 Å². The minimum Gasteiger partial charge on any atom is -0.376 e. The van der Waals surface area contributed by atoms with Crippen LogP contribution < -0.4 is 16.2 Å². The SMILES string of the molecule is Cc1c(C(=O)NNC(=S)NCC2CCCO2)cccc1[N+](=O)[O-]. The highest BCUT2D eigenvalue weighted by Gasteiger charge is 2.18. The van der Waals surface area contributed by atoms with Crippen LogP contribution in [0.15, 0.2) is 18.2 Å². The van der Waals surface area contributed by atoms with Crippen LogP contribution >= 0.6 is 12.2 Å². The highest BCUT2D eigenvalue weighted by atomic mass is 32.1. The third-order valence-electron chi connectivity index (χ3n) is 3.55. The molecule has 0 radical (unpaired) electrons. The topological polar surface area (TPSA) is 106 Å². The Hall–Kier alpha value is -2.26. The normalized spacial score (nSPS) is 16.7. The summed E-state index contributed by atoms with van der Waals surface area (Å²) < 4.78 is 5.45. The van der Waals surface area contributed by atoms with E-state index in [-0.39, 0.29) is 22.5 Å². The summed E-state index contributed by atoms with van der Waals surface area (Å²) in [5.74, 6) is -0.493. The average Bonchev–Trinajstić information content (AvgIpc) is 3.04. The fourth-order valence-corrected chi connectivity index (χ4v) is 2.44. The third-order valence-corrected chi connectivity index (χ3v) is 3.80. The average molecular weight is 338 g/mol. The third kappa shape index (κ3) is 4.60. The van der Waals surface area contributed by atoms with E-state index in [1.165, 1.54) is 25.1 Å². The lowest BCUT2D eigenvalue weighted by atomic mass is 10.1. The van der Waals surface area contributed by atoms with Gasteiger partial charge < -0.3 is 10.1 Å². The standard InChI is InChI=1S/C14H18N4O4S/c1-9-11(5-2-6-12(9)18(20)21)13(19)16-17-14(23)15-8-10-4-3-7-22-10/h2,5-6,10H,3-4,7-8H2,1H3,(H,16,19)(H2,15,17,23). The second-order valence-corrected chi connectivity index (χ2v) is 5.54. The summed E-state index contributed by atoms with van der Waals surface area (Å²) in [4.78, 5) is 22.5. The van der Waals surface area contributed by atoms with E-state index < -0.39 is 10.8 Å². The number of carbonyl (C=O) groups is 1. The van der Waals surface area contributed by atoms with E-state index in [4.69, 9.17) is 17.0 Å². The number of carbonyl (C=O) groups excluding carboxylic acids is 1. The number of hydrogen-bond donors (Lipinski definition) is 3. The zero-order valence-electron chi connectivity index (χ0n) is 12.6. The molecule has 9 heteroatoms. The molecule has 1 unspecified atom stereocenters. The molecule has 1 amide bonds. The number of nitrogens with one attached hydrogen (secondary N) is 3. The monoisotopic (exact) mass is 338 g/mol. The second-order valence-electron chi connectivity index (χ2n) is 5.13. The van der Waals surface area contributed by atoms with Gasteiger partial charge in [0.25, 0.3) is 11.6 Å². The van der Waals surface area contributed by atoms with Crippen molar-refractivity contribution in [2.45, 2.75) is 25.9 Å². The number of nitro benzene ring substituents is 1. The van der Waals surface area contributed by atoms with Crippen LogP contribution in [-0.4, -0.2) is 35.2 Å². The van der Waals surface area contributed by atoms with E-state index in [0.717, 1.165) is 19.4 Å². The van der Waals surface area contributed by atoms with Crippen molar-refractivity contribution in [3.8, 4) is 0 Å². The molecule has 1 atom stereocenters. The summed E-state index contributed by atoms with van der Waals surface area (Å²) >= 11 is 5.06. The largest absolute Gasteiger partial charge is 0.376 e. The number of thiocarbonyl (C=S) groups is 1. The van der Waals surface area contributed by atoms with Crippen LogP contribution in [-0.2, 0) is 4.74 Å². The van der Waals surface area contributed by atoms with Crippen LogP contribution in [0.25, 0.3) is 0 Å². The number of nitrogens with zero attached hydrogens (tertiary/aromatic N) is 1. The van der Waals surface area contributed by atoms with E-state index in [1.807, 2.05) is 0 Å². The molecule has 0 saturated carbocycles. The second kappa shape index (κ2) is 7.84. The minimum absolute atomic E-state index is 0.100. The van der Waals surface area contributed by atoms with Crippen molar-refractivity contribution in [2.75, 3.05) is 13.2 Å². The Bertz CT molecular complexity index is 617. The van der Waals surface area contributed by atoms with Gasteiger partial charge in [0.2, 0.25) is 0 Å². The Kier molecular flexibility index (Phi) is 5.83. The van der Waals surface area contributed by atoms with E-state index in [0.29, 0.717) is 12.1 Å². The Balaban J connectivity index is 1.85. The van der Waals surface area contributed by atoms with E-state index in [2.05, 4.69) is 16.2 Å². The Labute approximate surface area is 138 Å². The molecule has 23 heavy (non-hydrogen) atoms. The lowest BCUT2D eigenvalue weighted by Crippen LogP contribution is -2.48. The number of benzene rings is 1. The Morgan fingerprint density at radius 1 is 1.48 bits per heavy atom. The Morgan fingerprint density at radius 3 is 2.91 bits per heavy atom. The maximum absolute atomic E-state index is 12.1. The predicted molar refractivity (Wildman–Crippen MR) is 88.0 cm³/mol. The number of ether oxygens (including phenoxy) is 1. The number of nitro groups is 1. The van der Waals surface area contributed by atoms with E-state index >= 15 is 0 Å². The molecule has 1 saturated heterocycles. The van der Waals surface area contributed by atoms with Crippen molar-refractivity contribution in [3.05, 3.63) is 39.4 Å². The molecule has 1 fully saturated rings. The first-order chi connectivity index (χ1) is 11.0. The number of hydrazine groups is 1. The fraction of sp³-hybridized carbons (Fsp3) is 0.429. The van der Waals surface area contributed by atoms with Gasteiger partial charge in [-0.25, -0.2) is 0 Å². The van der Waals surface area contributed by atoms with Gasteiger partial charge in [0.15, 0.2) is 5.11 Å². The molecule has 1 aliphatic heterocycles. The Morgan fingerprint density at radius 2 is 2.26 bits per heavy atom. The molecule has 0 spiro atoms. The van der Waals surface area contributed by atoms with Crippen molar-refractivity contribution in [1.29, 1.82) is 0 Å². The van der Waals surface area contributed by atoms with Crippen LogP contribution in [0.1, 0.15) is 28.8 Å². The van der Waals surface area contributed by atoms with Crippen LogP contribution in [0, 0.1) is 17.0 Å². The van der Waals surface area contributed by atoms with Gasteiger partial charge in [-0.2, -0.15) is 0 Å². The molecule has 1 aliphatic rings. The van der Waals surface area contributed by atoms with E-state index in [9.17, 15) is 14.9 Å². The summed E-state index contributed by atoms with van der Waals surface area (Å²) in [6.07, 6.45) is 2.15. The van der Waals surface area contributed by atoms with Gasteiger partial charge in [-0.1, -0.05) is 6.07 Å². The molecule has 2 rings (SSSR count). The smallest absolute Gasteiger partial charge is 0.273 e. The number of rotatable bonds is 4. The van der Waals surface area contributed by atoms with Crippen molar-refractivity contribution in [3.63, 3.8) is 0 Å². The summed E-state index contributed by atoms with van der Waals surface area (Å²) in [6.45, 7) is 2.86. The summed E-state index contributed by atoms with van der Waals surface area (Å²) in [6, 6.07) is 4.34. The predicted octanol–water partition coefficient (Wildman–Crippen LogP) is 1.19. The first-order valence-corrected chi connectivity index (χ1v) is 7.59. The van der Waals surface area contributed by atoms with Gasteiger partial charge in [0.1, 0.15) is 0 Å². The summed E-state index contributed by atoms with van der Waals surface area (Å²) in [5.41, 5.74) is 5.42. The van der Waals surface area contributed by atoms with Crippen LogP contribution in [0.5, 0.6) is 0 Å². The van der Waals surface area contributed by atoms with Gasteiger partial charge >= 0.3 is 0 Å². The summed E-state index contributed by atoms with van der Waals surface area (Å²) in [7, 11) is 0. The molecule has 1 heterocycles. The molecule has 0 aliphatic carbocycles. The van der Waals surface area contributed by atoms with Gasteiger partial charge in [0, 0.05) is 24.8 Å². The molecular formula is C14H18N4O4S. The molecule has 3 N–H and O–H groups in total. The number of hydrogen-bond acceptors (Lipinski definition) is 5. The van der Waals surface area contributed by atoms with Crippen molar-refractivity contribution in [1.82, 2.24) is 16.2 Å². The lowest BCUT2D eigenvalue weighted by Gasteiger charge is -2.15. The molecule has 1 aromatic rings. The van der Waals surface area contributed by atoms with Gasteiger partial charge in [-0.05, 0) is 38.0 Å². The first-order valence-electron chi connectivity index (χ1n) is 7.19. The lowest BCUT2D eigenvalue weighted by molar-refractivity contribution is -0.385. The van der Waals surface area contributed by atoms with Crippen molar-refractivity contribution >= 4 is 28.9 Å². The molecule has 124 valence electrons. The van der Waals surface area contributed by atoms with Gasteiger partial charge in [0.05, 0.1) is 16.6 Å². The minimum atomic E-state index is -0.521. The quantitative estimate of drug-likeness (QED) is 0.430. The van der Waals surface area contributed by atoms with Crippen LogP contribution in [0.3, 0.4) is 0 Å². The highest BCUT2D eigenvalue weighted by Crippen LogP contribution is 2.20. The van der Waals surface area contributed by atoms with Crippen LogP contribution in [0.2, 0.25) is 0 Å². The van der Waals surface area contributed by atoms with E-state index in [1.54, 1.807) is 0 Å². The van der Waals surface area contributed by atoms with Gasteiger partial charge in [-0.15, -0.1) is 0 Å². The number of amides is 1. The molecule has 8 nitrogen and oxygen atoms in total.